The summed E-state index contributed by atoms with van der Waals surface area (Å²) in [7, 11) is 0. The van der Waals surface area contributed by atoms with E-state index in [-0.39, 0.29) is 23.4 Å². The molecule has 0 saturated heterocycles. The van der Waals surface area contributed by atoms with Crippen molar-refractivity contribution >= 4 is 29.2 Å². The molecule has 0 fully saturated rings. The molecule has 180 valence electrons. The molecule has 0 aromatic heterocycles. The molecule has 35 heavy (non-hydrogen) atoms. The van der Waals surface area contributed by atoms with Gasteiger partial charge in [0.25, 0.3) is 5.69 Å². The number of rotatable bonds is 8. The van der Waals surface area contributed by atoms with E-state index in [1.807, 2.05) is 6.07 Å². The molecule has 0 aliphatic heterocycles. The Bertz CT molecular complexity index is 1280. The van der Waals surface area contributed by atoms with Gasteiger partial charge in [0.15, 0.2) is 5.78 Å². The highest BCUT2D eigenvalue weighted by molar-refractivity contribution is 6.15. The molecule has 2 N–H and O–H groups in total. The van der Waals surface area contributed by atoms with Crippen LogP contribution in [0, 0.1) is 15.9 Å². The van der Waals surface area contributed by atoms with Crippen LogP contribution in [0.15, 0.2) is 72.8 Å². The lowest BCUT2D eigenvalue weighted by molar-refractivity contribution is -0.384. The molecule has 0 saturated carbocycles. The second kappa shape index (κ2) is 10.6. The highest BCUT2D eigenvalue weighted by Crippen LogP contribution is 2.26. The third kappa shape index (κ3) is 6.26. The first-order valence-electron chi connectivity index (χ1n) is 10.5. The quantitative estimate of drug-likeness (QED) is 0.276. The average molecular weight is 479 g/mol. The van der Waals surface area contributed by atoms with E-state index >= 15 is 0 Å². The van der Waals surface area contributed by atoms with E-state index in [4.69, 9.17) is 4.74 Å². The molecule has 0 bridgehead atoms. The SMILES string of the molecule is CC(C)(NC(=O)OCc1ccccc1)C(=O)Nc1ccc([N+](=O)[O-])cc1C(=O)c1ccccc1F. The van der Waals surface area contributed by atoms with Crippen molar-refractivity contribution in [2.24, 2.45) is 0 Å². The number of ketones is 1. The fraction of sp³-hybridized carbons (Fsp3) is 0.160. The fourth-order valence-electron chi connectivity index (χ4n) is 3.08. The van der Waals surface area contributed by atoms with Gasteiger partial charge < -0.3 is 15.4 Å². The molecule has 0 aliphatic rings. The molecule has 10 heteroatoms. The standard InChI is InChI=1S/C25H22FN3O6/c1-25(2,28-24(32)35-15-16-8-4-3-5-9-16)23(31)27-21-13-12-17(29(33)34)14-19(21)22(30)18-10-6-7-11-20(18)26/h3-14H,15H2,1-2H3,(H,27,31)(H,28,32). The second-order valence-corrected chi connectivity index (χ2v) is 8.06. The van der Waals surface area contributed by atoms with Crippen molar-refractivity contribution in [3.8, 4) is 0 Å². The Morgan fingerprint density at radius 1 is 0.971 bits per heavy atom. The summed E-state index contributed by atoms with van der Waals surface area (Å²) in [5, 5.41) is 16.2. The van der Waals surface area contributed by atoms with E-state index in [0.717, 1.165) is 23.8 Å². The number of nitrogens with zero attached hydrogens (tertiary/aromatic N) is 1. The largest absolute Gasteiger partial charge is 0.445 e. The Kier molecular flexibility index (Phi) is 7.55. The molecular formula is C25H22FN3O6. The maximum Gasteiger partial charge on any atom is 0.408 e. The van der Waals surface area contributed by atoms with E-state index in [2.05, 4.69) is 10.6 Å². The van der Waals surface area contributed by atoms with Crippen molar-refractivity contribution in [1.82, 2.24) is 5.32 Å². The van der Waals surface area contributed by atoms with Gasteiger partial charge in [-0.25, -0.2) is 9.18 Å². The minimum absolute atomic E-state index is 0.00594. The number of nitrogens with one attached hydrogen (secondary N) is 2. The highest BCUT2D eigenvalue weighted by atomic mass is 19.1. The van der Waals surface area contributed by atoms with E-state index in [9.17, 15) is 28.9 Å². The Labute approximate surface area is 200 Å². The third-order valence-electron chi connectivity index (χ3n) is 5.02. The highest BCUT2D eigenvalue weighted by Gasteiger charge is 2.32. The van der Waals surface area contributed by atoms with Gasteiger partial charge in [0.05, 0.1) is 21.7 Å². The predicted octanol–water partition coefficient (Wildman–Crippen LogP) is 4.61. The number of hydrogen-bond donors (Lipinski definition) is 2. The van der Waals surface area contributed by atoms with Crippen molar-refractivity contribution in [2.45, 2.75) is 26.0 Å². The third-order valence-corrected chi connectivity index (χ3v) is 5.02. The number of alkyl carbamates (subject to hydrolysis) is 1. The maximum absolute atomic E-state index is 14.2. The van der Waals surface area contributed by atoms with E-state index in [0.29, 0.717) is 0 Å². The van der Waals surface area contributed by atoms with Crippen LogP contribution in [0.25, 0.3) is 0 Å². The monoisotopic (exact) mass is 479 g/mol. The van der Waals surface area contributed by atoms with E-state index < -0.39 is 39.8 Å². The number of carbonyl (C=O) groups excluding carboxylic acids is 3. The van der Waals surface area contributed by atoms with Crippen LogP contribution in [0.5, 0.6) is 0 Å². The Morgan fingerprint density at radius 3 is 2.29 bits per heavy atom. The van der Waals surface area contributed by atoms with Crippen molar-refractivity contribution in [3.05, 3.63) is 105 Å². The molecule has 9 nitrogen and oxygen atoms in total. The Morgan fingerprint density at radius 2 is 1.63 bits per heavy atom. The van der Waals surface area contributed by atoms with Crippen LogP contribution in [0.1, 0.15) is 35.3 Å². The molecule has 0 spiro atoms. The minimum atomic E-state index is -1.49. The number of nitro groups is 1. The van der Waals surface area contributed by atoms with Gasteiger partial charge in [-0.3, -0.25) is 19.7 Å². The van der Waals surface area contributed by atoms with Crippen LogP contribution < -0.4 is 10.6 Å². The number of hydrogen-bond acceptors (Lipinski definition) is 6. The van der Waals surface area contributed by atoms with Gasteiger partial charge in [-0.2, -0.15) is 0 Å². The molecule has 0 atom stereocenters. The minimum Gasteiger partial charge on any atom is -0.445 e. The van der Waals surface area contributed by atoms with Gasteiger partial charge in [-0.05, 0) is 37.6 Å². The number of amides is 2. The topological polar surface area (TPSA) is 128 Å². The van der Waals surface area contributed by atoms with Crippen molar-refractivity contribution < 1.29 is 28.4 Å². The van der Waals surface area contributed by atoms with Crippen molar-refractivity contribution in [1.29, 1.82) is 0 Å². The van der Waals surface area contributed by atoms with Gasteiger partial charge in [0, 0.05) is 12.1 Å². The summed E-state index contributed by atoms with van der Waals surface area (Å²) in [6, 6.07) is 17.3. The maximum atomic E-state index is 14.2. The molecule has 0 aliphatic carbocycles. The zero-order valence-corrected chi connectivity index (χ0v) is 18.9. The zero-order valence-electron chi connectivity index (χ0n) is 18.9. The molecular weight excluding hydrogens is 457 g/mol. The molecule has 3 aromatic carbocycles. The predicted molar refractivity (Wildman–Crippen MR) is 125 cm³/mol. The number of ether oxygens (including phenoxy) is 1. The van der Waals surface area contributed by atoms with Crippen LogP contribution in [-0.2, 0) is 16.1 Å². The smallest absolute Gasteiger partial charge is 0.408 e. The van der Waals surface area contributed by atoms with Crippen molar-refractivity contribution in [2.75, 3.05) is 5.32 Å². The molecule has 0 unspecified atom stereocenters. The van der Waals surface area contributed by atoms with Crippen LogP contribution >= 0.6 is 0 Å². The van der Waals surface area contributed by atoms with Gasteiger partial charge >= 0.3 is 6.09 Å². The number of anilines is 1. The van der Waals surface area contributed by atoms with Crippen LogP contribution in [-0.4, -0.2) is 28.2 Å². The zero-order chi connectivity index (χ0) is 25.6. The number of carbonyl (C=O) groups is 3. The van der Waals surface area contributed by atoms with Gasteiger partial charge in [0.1, 0.15) is 18.0 Å². The number of halogens is 1. The fourth-order valence-corrected chi connectivity index (χ4v) is 3.08. The summed E-state index contributed by atoms with van der Waals surface area (Å²) in [5.41, 5.74) is -1.82. The van der Waals surface area contributed by atoms with Gasteiger partial charge in [-0.15, -0.1) is 0 Å². The lowest BCUT2D eigenvalue weighted by atomic mass is 9.99. The molecule has 0 radical (unpaired) electrons. The molecule has 3 aromatic rings. The van der Waals surface area contributed by atoms with Gasteiger partial charge in [-0.1, -0.05) is 42.5 Å². The van der Waals surface area contributed by atoms with E-state index in [1.54, 1.807) is 24.3 Å². The normalized spacial score (nSPS) is 10.8. The summed E-state index contributed by atoms with van der Waals surface area (Å²) >= 11 is 0. The first-order valence-corrected chi connectivity index (χ1v) is 10.5. The second-order valence-electron chi connectivity index (χ2n) is 8.06. The summed E-state index contributed by atoms with van der Waals surface area (Å²) in [6.07, 6.45) is -0.847. The average Bonchev–Trinajstić information content (AvgIpc) is 2.83. The summed E-state index contributed by atoms with van der Waals surface area (Å²) in [4.78, 5) is 48.7. The number of nitro benzene ring substituents is 1. The lowest BCUT2D eigenvalue weighted by Gasteiger charge is -2.25. The first-order chi connectivity index (χ1) is 16.6. The van der Waals surface area contributed by atoms with Crippen molar-refractivity contribution in [3.63, 3.8) is 0 Å². The molecule has 2 amide bonds. The van der Waals surface area contributed by atoms with Gasteiger partial charge in [0.2, 0.25) is 5.91 Å². The Balaban J connectivity index is 1.79. The summed E-state index contributed by atoms with van der Waals surface area (Å²) in [5.74, 6) is -2.40. The number of benzene rings is 3. The summed E-state index contributed by atoms with van der Waals surface area (Å²) in [6.45, 7) is 2.82. The van der Waals surface area contributed by atoms with E-state index in [1.165, 1.54) is 38.1 Å². The van der Waals surface area contributed by atoms with Crippen LogP contribution in [0.4, 0.5) is 20.6 Å². The number of non-ortho nitro benzene ring substituents is 1. The lowest BCUT2D eigenvalue weighted by Crippen LogP contribution is -2.52. The Hall–Kier alpha value is -4.60. The van der Waals surface area contributed by atoms with Crippen LogP contribution in [0.3, 0.4) is 0 Å². The first kappa shape index (κ1) is 25.0. The molecule has 3 rings (SSSR count). The van der Waals surface area contributed by atoms with Crippen LogP contribution in [0.2, 0.25) is 0 Å². The molecule has 0 heterocycles. The summed E-state index contributed by atoms with van der Waals surface area (Å²) < 4.78 is 19.3.